The Hall–Kier alpha value is -2.78. The van der Waals surface area contributed by atoms with Gasteiger partial charge in [0, 0.05) is 42.9 Å². The third-order valence-corrected chi connectivity index (χ3v) is 4.45. The van der Waals surface area contributed by atoms with E-state index in [0.29, 0.717) is 5.69 Å². The smallest absolute Gasteiger partial charge is 0.449 e. The highest BCUT2D eigenvalue weighted by molar-refractivity contribution is 5.93. The summed E-state index contributed by atoms with van der Waals surface area (Å²) in [7, 11) is 2.73. The molecule has 146 valence electrons. The number of methoxy groups -OCH3 is 2. The van der Waals surface area contributed by atoms with Gasteiger partial charge in [0.25, 0.3) is 0 Å². The van der Waals surface area contributed by atoms with Crippen molar-refractivity contribution in [1.82, 2.24) is 9.55 Å². The molecule has 1 N–H and O–H groups in total. The Morgan fingerprint density at radius 2 is 1.93 bits per heavy atom. The van der Waals surface area contributed by atoms with E-state index in [1.165, 1.54) is 20.3 Å². The molecule has 10 heteroatoms. The highest BCUT2D eigenvalue weighted by atomic mass is 19.4. The highest BCUT2D eigenvalue weighted by Gasteiger charge is 2.39. The second kappa shape index (κ2) is 7.09. The predicted molar refractivity (Wildman–Crippen MR) is 87.2 cm³/mol. The van der Waals surface area contributed by atoms with Crippen LogP contribution in [0.1, 0.15) is 17.9 Å². The molecule has 0 spiro atoms. The minimum absolute atomic E-state index is 0.0106. The minimum atomic E-state index is -4.55. The zero-order chi connectivity index (χ0) is 19.8. The second-order valence-corrected chi connectivity index (χ2v) is 6.09. The minimum Gasteiger partial charge on any atom is -0.493 e. The molecule has 0 aliphatic carbocycles. The predicted octanol–water partition coefficient (Wildman–Crippen LogP) is 3.26. The molecule has 2 heterocycles. The lowest BCUT2D eigenvalue weighted by atomic mass is 9.95. The number of ether oxygens (including phenoxy) is 2. The van der Waals surface area contributed by atoms with Crippen molar-refractivity contribution in [3.63, 3.8) is 0 Å². The van der Waals surface area contributed by atoms with Crippen molar-refractivity contribution in [2.45, 2.75) is 25.6 Å². The van der Waals surface area contributed by atoms with E-state index in [0.717, 1.165) is 16.8 Å². The summed E-state index contributed by atoms with van der Waals surface area (Å²) in [6.07, 6.45) is -3.15. The van der Waals surface area contributed by atoms with Crippen LogP contribution in [0.15, 0.2) is 18.3 Å². The van der Waals surface area contributed by atoms with Crippen LogP contribution >= 0.6 is 0 Å². The number of hydrogen-bond acceptors (Lipinski definition) is 4. The molecule has 1 amide bonds. The van der Waals surface area contributed by atoms with Crippen molar-refractivity contribution >= 4 is 11.6 Å². The normalized spacial score (nSPS) is 16.6. The Morgan fingerprint density at radius 3 is 2.56 bits per heavy atom. The lowest BCUT2D eigenvalue weighted by molar-refractivity contribution is -0.147. The molecule has 0 fully saturated rings. The van der Waals surface area contributed by atoms with Crippen LogP contribution in [0.3, 0.4) is 0 Å². The van der Waals surface area contributed by atoms with Crippen LogP contribution < -0.4 is 14.8 Å². The van der Waals surface area contributed by atoms with Crippen molar-refractivity contribution in [2.24, 2.45) is 5.92 Å². The third-order valence-electron chi connectivity index (χ3n) is 4.45. The molecule has 6 nitrogen and oxygen atoms in total. The van der Waals surface area contributed by atoms with Gasteiger partial charge in [-0.15, -0.1) is 0 Å². The number of carbonyl (C=O) groups excluding carboxylic acids is 1. The molecule has 1 aliphatic rings. The van der Waals surface area contributed by atoms with E-state index < -0.39 is 29.6 Å². The number of nitrogens with one attached hydrogen (secondary N) is 1. The van der Waals surface area contributed by atoms with E-state index >= 15 is 0 Å². The van der Waals surface area contributed by atoms with Gasteiger partial charge in [-0.2, -0.15) is 13.2 Å². The quantitative estimate of drug-likeness (QED) is 0.818. The number of fused-ring (bicyclic) bond motifs is 1. The van der Waals surface area contributed by atoms with Crippen LogP contribution in [-0.2, 0) is 23.9 Å². The Balaban J connectivity index is 1.76. The van der Waals surface area contributed by atoms with Gasteiger partial charge in [0.1, 0.15) is 0 Å². The van der Waals surface area contributed by atoms with E-state index in [-0.39, 0.29) is 36.6 Å². The summed E-state index contributed by atoms with van der Waals surface area (Å²) >= 11 is 0. The van der Waals surface area contributed by atoms with Crippen LogP contribution in [0.25, 0.3) is 0 Å². The molecule has 27 heavy (non-hydrogen) atoms. The number of hydrogen-bond donors (Lipinski definition) is 1. The number of imidazole rings is 1. The largest absolute Gasteiger partial charge is 0.493 e. The molecule has 0 saturated carbocycles. The molecular weight excluding hydrogens is 370 g/mol. The number of anilines is 1. The monoisotopic (exact) mass is 387 g/mol. The number of rotatable bonds is 4. The van der Waals surface area contributed by atoms with Gasteiger partial charge in [-0.05, 0) is 6.42 Å². The number of benzene rings is 1. The zero-order valence-electron chi connectivity index (χ0n) is 14.6. The number of aromatic nitrogens is 2. The van der Waals surface area contributed by atoms with E-state index in [1.807, 2.05) is 0 Å². The summed E-state index contributed by atoms with van der Waals surface area (Å²) in [6, 6.07) is 2.38. The molecule has 2 aromatic rings. The summed E-state index contributed by atoms with van der Waals surface area (Å²) in [5.41, 5.74) is 0.231. The molecule has 1 aliphatic heterocycles. The molecule has 1 atom stereocenters. The molecule has 0 bridgehead atoms. The van der Waals surface area contributed by atoms with E-state index in [2.05, 4.69) is 10.3 Å². The number of amides is 1. The maximum atomic E-state index is 14.2. The molecule has 0 radical (unpaired) electrons. The first-order valence-corrected chi connectivity index (χ1v) is 8.08. The number of alkyl halides is 3. The van der Waals surface area contributed by atoms with E-state index in [1.54, 1.807) is 0 Å². The van der Waals surface area contributed by atoms with E-state index in [9.17, 15) is 22.4 Å². The van der Waals surface area contributed by atoms with Crippen LogP contribution in [0.5, 0.6) is 11.5 Å². The molecular formula is C17H17F4N3O3. The average Bonchev–Trinajstić information content (AvgIpc) is 3.06. The van der Waals surface area contributed by atoms with Crippen LogP contribution in [0.2, 0.25) is 0 Å². The maximum absolute atomic E-state index is 14.2. The van der Waals surface area contributed by atoms with Crippen molar-refractivity contribution in [2.75, 3.05) is 19.5 Å². The fourth-order valence-corrected chi connectivity index (χ4v) is 3.10. The van der Waals surface area contributed by atoms with Crippen molar-refractivity contribution in [3.8, 4) is 11.5 Å². The van der Waals surface area contributed by atoms with Gasteiger partial charge in [0.05, 0.1) is 19.9 Å². The van der Waals surface area contributed by atoms with Crippen molar-refractivity contribution in [1.29, 1.82) is 0 Å². The SMILES string of the molecule is COc1cc(F)c(NC(=O)C2CCn3c(cnc3C(F)(F)F)C2)cc1OC. The summed E-state index contributed by atoms with van der Waals surface area (Å²) < 4.78 is 64.0. The first-order chi connectivity index (χ1) is 12.7. The first kappa shape index (κ1) is 19.0. The summed E-state index contributed by atoms with van der Waals surface area (Å²) in [5.74, 6) is -2.34. The fourth-order valence-electron chi connectivity index (χ4n) is 3.10. The summed E-state index contributed by atoms with van der Waals surface area (Å²) in [4.78, 5) is 15.9. The standard InChI is InChI=1S/C17H17F4N3O3/c1-26-13-6-11(18)12(7-14(13)27-2)23-15(25)9-3-4-24-10(5-9)8-22-16(24)17(19,20)21/h6-9H,3-5H2,1-2H3,(H,23,25). The number of halogens is 4. The lowest BCUT2D eigenvalue weighted by Crippen LogP contribution is -2.31. The summed E-state index contributed by atoms with van der Waals surface area (Å²) in [6.45, 7) is 0.0106. The molecule has 1 unspecified atom stereocenters. The zero-order valence-corrected chi connectivity index (χ0v) is 14.6. The van der Waals surface area contributed by atoms with Gasteiger partial charge < -0.3 is 19.4 Å². The van der Waals surface area contributed by atoms with Gasteiger partial charge in [0.2, 0.25) is 11.7 Å². The topological polar surface area (TPSA) is 65.4 Å². The third kappa shape index (κ3) is 3.69. The Kier molecular flexibility index (Phi) is 4.99. The van der Waals surface area contributed by atoms with Gasteiger partial charge in [-0.25, -0.2) is 9.37 Å². The first-order valence-electron chi connectivity index (χ1n) is 8.08. The molecule has 1 aromatic heterocycles. The number of nitrogens with zero attached hydrogens (tertiary/aromatic N) is 2. The Labute approximate surface area is 152 Å². The second-order valence-electron chi connectivity index (χ2n) is 6.09. The van der Waals surface area contributed by atoms with Gasteiger partial charge in [-0.1, -0.05) is 0 Å². The Bertz CT molecular complexity index is 864. The highest BCUT2D eigenvalue weighted by Crippen LogP contribution is 2.34. The molecule has 1 aromatic carbocycles. The van der Waals surface area contributed by atoms with Gasteiger partial charge in [-0.3, -0.25) is 4.79 Å². The van der Waals surface area contributed by atoms with Crippen LogP contribution in [0.4, 0.5) is 23.2 Å². The van der Waals surface area contributed by atoms with Crippen LogP contribution in [0, 0.1) is 11.7 Å². The van der Waals surface area contributed by atoms with Gasteiger partial charge in [0.15, 0.2) is 17.3 Å². The van der Waals surface area contributed by atoms with Crippen molar-refractivity contribution < 1.29 is 31.8 Å². The Morgan fingerprint density at radius 1 is 1.26 bits per heavy atom. The average molecular weight is 387 g/mol. The van der Waals surface area contributed by atoms with E-state index in [4.69, 9.17) is 9.47 Å². The molecule has 3 rings (SSSR count). The van der Waals surface area contributed by atoms with Gasteiger partial charge >= 0.3 is 6.18 Å². The van der Waals surface area contributed by atoms with Crippen LogP contribution in [-0.4, -0.2) is 29.7 Å². The lowest BCUT2D eigenvalue weighted by Gasteiger charge is -2.24. The number of carbonyl (C=O) groups is 1. The molecule has 0 saturated heterocycles. The fraction of sp³-hybridized carbons (Fsp3) is 0.412. The maximum Gasteiger partial charge on any atom is 0.449 e. The summed E-state index contributed by atoms with van der Waals surface area (Å²) in [5, 5.41) is 2.47. The van der Waals surface area contributed by atoms with Crippen molar-refractivity contribution in [3.05, 3.63) is 35.7 Å².